The van der Waals surface area contributed by atoms with Crippen LogP contribution in [0.5, 0.6) is 5.75 Å². The van der Waals surface area contributed by atoms with Gasteiger partial charge in [0.25, 0.3) is 5.91 Å². The average molecular weight is 343 g/mol. The van der Waals surface area contributed by atoms with Crippen LogP contribution in [-0.2, 0) is 9.53 Å². The average Bonchev–Trinajstić information content (AvgIpc) is 2.61. The summed E-state index contributed by atoms with van der Waals surface area (Å²) in [5, 5.41) is 2.70. The largest absolute Gasteiger partial charge is 0.478 e. The lowest BCUT2D eigenvalue weighted by molar-refractivity contribution is -0.122. The minimum atomic E-state index is -0.694. The van der Waals surface area contributed by atoms with Crippen molar-refractivity contribution in [1.82, 2.24) is 0 Å². The molecule has 2 unspecified atom stereocenters. The molecule has 130 valence electrons. The van der Waals surface area contributed by atoms with E-state index in [1.807, 2.05) is 6.92 Å². The Morgan fingerprint density at radius 2 is 2.00 bits per heavy atom. The molecule has 3 rings (SSSR count). The van der Waals surface area contributed by atoms with Gasteiger partial charge in [0.15, 0.2) is 11.9 Å². The molecule has 0 aromatic heterocycles. The van der Waals surface area contributed by atoms with Crippen LogP contribution in [0.15, 0.2) is 42.5 Å². The number of carbonyl (C=O) groups is 2. The third-order valence-electron chi connectivity index (χ3n) is 4.02. The number of ether oxygens (including phenoxy) is 2. The summed E-state index contributed by atoms with van der Waals surface area (Å²) in [6.45, 7) is 3.48. The van der Waals surface area contributed by atoms with Gasteiger partial charge in [0.2, 0.25) is 0 Å². The standard InChI is InChI=1S/C19H18FNO4/c1-3-16(12-7-9-13(20)10-8-12)25-19(23)14-5-4-6-15-17(14)24-11(2)18(22)21-15/h4-11,16H,3H2,1-2H3,(H,21,22). The van der Waals surface area contributed by atoms with Crippen LogP contribution in [0, 0.1) is 5.82 Å². The molecule has 2 aromatic carbocycles. The highest BCUT2D eigenvalue weighted by molar-refractivity contribution is 6.02. The Kier molecular flexibility index (Phi) is 4.70. The number of para-hydroxylation sites is 1. The molecular weight excluding hydrogens is 325 g/mol. The molecule has 0 spiro atoms. The molecule has 0 radical (unpaired) electrons. The minimum Gasteiger partial charge on any atom is -0.478 e. The number of amides is 1. The van der Waals surface area contributed by atoms with Crippen molar-refractivity contribution in [2.75, 3.05) is 5.32 Å². The van der Waals surface area contributed by atoms with Crippen molar-refractivity contribution in [1.29, 1.82) is 0 Å². The van der Waals surface area contributed by atoms with E-state index in [0.717, 1.165) is 0 Å². The first kappa shape index (κ1) is 17.0. The quantitative estimate of drug-likeness (QED) is 0.857. The van der Waals surface area contributed by atoms with Gasteiger partial charge in [-0.1, -0.05) is 25.1 Å². The van der Waals surface area contributed by atoms with Crippen molar-refractivity contribution < 1.29 is 23.5 Å². The van der Waals surface area contributed by atoms with Gasteiger partial charge in [-0.3, -0.25) is 4.79 Å². The molecule has 6 heteroatoms. The molecule has 2 aromatic rings. The van der Waals surface area contributed by atoms with Gasteiger partial charge in [0.05, 0.1) is 5.69 Å². The maximum absolute atomic E-state index is 13.1. The van der Waals surface area contributed by atoms with E-state index < -0.39 is 18.2 Å². The van der Waals surface area contributed by atoms with E-state index in [2.05, 4.69) is 5.32 Å². The van der Waals surface area contributed by atoms with Crippen LogP contribution in [0.25, 0.3) is 0 Å². The van der Waals surface area contributed by atoms with E-state index in [4.69, 9.17) is 9.47 Å². The number of esters is 1. The molecule has 1 aliphatic heterocycles. The van der Waals surface area contributed by atoms with Crippen LogP contribution in [0.2, 0.25) is 0 Å². The summed E-state index contributed by atoms with van der Waals surface area (Å²) < 4.78 is 24.2. The molecule has 25 heavy (non-hydrogen) atoms. The predicted molar refractivity (Wildman–Crippen MR) is 90.0 cm³/mol. The van der Waals surface area contributed by atoms with Gasteiger partial charge in [-0.2, -0.15) is 0 Å². The summed E-state index contributed by atoms with van der Waals surface area (Å²) in [5.74, 6) is -0.874. The van der Waals surface area contributed by atoms with E-state index in [-0.39, 0.29) is 17.3 Å². The zero-order valence-corrected chi connectivity index (χ0v) is 13.9. The summed E-state index contributed by atoms with van der Waals surface area (Å²) in [5.41, 5.74) is 1.39. The Morgan fingerprint density at radius 3 is 2.68 bits per heavy atom. The molecule has 1 heterocycles. The summed E-state index contributed by atoms with van der Waals surface area (Å²) in [6.07, 6.45) is -0.652. The van der Waals surface area contributed by atoms with Gasteiger partial charge in [-0.25, -0.2) is 9.18 Å². The Hall–Kier alpha value is -2.89. The topological polar surface area (TPSA) is 64.6 Å². The van der Waals surface area contributed by atoms with Crippen LogP contribution in [-0.4, -0.2) is 18.0 Å². The minimum absolute atomic E-state index is 0.241. The summed E-state index contributed by atoms with van der Waals surface area (Å²) in [6, 6.07) is 10.7. The number of fused-ring (bicyclic) bond motifs is 1. The van der Waals surface area contributed by atoms with Crippen LogP contribution in [0.1, 0.15) is 42.3 Å². The van der Waals surface area contributed by atoms with Crippen molar-refractivity contribution in [2.24, 2.45) is 0 Å². The lowest BCUT2D eigenvalue weighted by Crippen LogP contribution is -2.35. The molecule has 0 saturated heterocycles. The normalized spacial score (nSPS) is 17.1. The summed E-state index contributed by atoms with van der Waals surface area (Å²) in [7, 11) is 0. The molecule has 1 N–H and O–H groups in total. The van der Waals surface area contributed by atoms with E-state index in [9.17, 15) is 14.0 Å². The van der Waals surface area contributed by atoms with Crippen LogP contribution in [0.4, 0.5) is 10.1 Å². The Balaban J connectivity index is 1.85. The zero-order chi connectivity index (χ0) is 18.0. The number of hydrogen-bond acceptors (Lipinski definition) is 4. The monoisotopic (exact) mass is 343 g/mol. The van der Waals surface area contributed by atoms with Crippen LogP contribution < -0.4 is 10.1 Å². The maximum Gasteiger partial charge on any atom is 0.342 e. The first-order valence-electron chi connectivity index (χ1n) is 8.06. The van der Waals surface area contributed by atoms with Gasteiger partial charge >= 0.3 is 5.97 Å². The second-order valence-electron chi connectivity index (χ2n) is 5.79. The third kappa shape index (κ3) is 3.47. The molecule has 5 nitrogen and oxygen atoms in total. The van der Waals surface area contributed by atoms with Crippen molar-refractivity contribution in [3.05, 3.63) is 59.4 Å². The van der Waals surface area contributed by atoms with Gasteiger partial charge in [-0.15, -0.1) is 0 Å². The Morgan fingerprint density at radius 1 is 1.28 bits per heavy atom. The molecule has 2 atom stereocenters. The molecule has 0 saturated carbocycles. The summed E-state index contributed by atoms with van der Waals surface area (Å²) in [4.78, 5) is 24.3. The number of rotatable bonds is 4. The number of benzene rings is 2. The molecule has 0 aliphatic carbocycles. The fourth-order valence-corrected chi connectivity index (χ4v) is 2.65. The second kappa shape index (κ2) is 6.93. The summed E-state index contributed by atoms with van der Waals surface area (Å²) >= 11 is 0. The van der Waals surface area contributed by atoms with E-state index in [1.54, 1.807) is 37.3 Å². The number of carbonyl (C=O) groups excluding carboxylic acids is 2. The predicted octanol–water partition coefficient (Wildman–Crippen LogP) is 3.85. The second-order valence-corrected chi connectivity index (χ2v) is 5.79. The fourth-order valence-electron chi connectivity index (χ4n) is 2.65. The lowest BCUT2D eigenvalue weighted by Gasteiger charge is -2.25. The first-order valence-corrected chi connectivity index (χ1v) is 8.06. The third-order valence-corrected chi connectivity index (χ3v) is 4.02. The maximum atomic E-state index is 13.1. The van der Waals surface area contributed by atoms with Crippen LogP contribution in [0.3, 0.4) is 0 Å². The van der Waals surface area contributed by atoms with Crippen molar-refractivity contribution in [3.63, 3.8) is 0 Å². The SMILES string of the molecule is CCC(OC(=O)c1cccc2c1OC(C)C(=O)N2)c1ccc(F)cc1. The molecule has 0 bridgehead atoms. The molecular formula is C19H18FNO4. The number of nitrogens with one attached hydrogen (secondary N) is 1. The number of hydrogen-bond donors (Lipinski definition) is 1. The zero-order valence-electron chi connectivity index (χ0n) is 13.9. The lowest BCUT2D eigenvalue weighted by atomic mass is 10.1. The molecule has 0 fully saturated rings. The number of halogens is 1. The van der Waals surface area contributed by atoms with E-state index in [1.165, 1.54) is 12.1 Å². The van der Waals surface area contributed by atoms with Crippen LogP contribution >= 0.6 is 0 Å². The van der Waals surface area contributed by atoms with Crippen molar-refractivity contribution >= 4 is 17.6 Å². The first-order chi connectivity index (χ1) is 12.0. The van der Waals surface area contributed by atoms with Crippen molar-refractivity contribution in [2.45, 2.75) is 32.5 Å². The van der Waals surface area contributed by atoms with E-state index in [0.29, 0.717) is 23.4 Å². The smallest absolute Gasteiger partial charge is 0.342 e. The highest BCUT2D eigenvalue weighted by Gasteiger charge is 2.29. The number of anilines is 1. The molecule has 1 amide bonds. The van der Waals surface area contributed by atoms with E-state index >= 15 is 0 Å². The van der Waals surface area contributed by atoms with Gasteiger partial charge in [0.1, 0.15) is 17.5 Å². The van der Waals surface area contributed by atoms with Gasteiger partial charge in [0, 0.05) is 0 Å². The highest BCUT2D eigenvalue weighted by Crippen LogP contribution is 2.35. The fraction of sp³-hybridized carbons (Fsp3) is 0.263. The van der Waals surface area contributed by atoms with Gasteiger partial charge < -0.3 is 14.8 Å². The Bertz CT molecular complexity index is 804. The van der Waals surface area contributed by atoms with Crippen molar-refractivity contribution in [3.8, 4) is 5.75 Å². The molecule has 1 aliphatic rings. The van der Waals surface area contributed by atoms with Gasteiger partial charge in [-0.05, 0) is 43.2 Å². The Labute approximate surface area is 144 Å². The highest BCUT2D eigenvalue weighted by atomic mass is 19.1.